The highest BCUT2D eigenvalue weighted by molar-refractivity contribution is 6.45. The summed E-state index contributed by atoms with van der Waals surface area (Å²) in [6.07, 6.45) is 6.69. The molecule has 4 saturated heterocycles. The highest BCUT2D eigenvalue weighted by Gasteiger charge is 2.36. The Morgan fingerprint density at radius 3 is 1.51 bits per heavy atom. The highest BCUT2D eigenvalue weighted by atomic mass is 35.5. The topological polar surface area (TPSA) is 230 Å². The van der Waals surface area contributed by atoms with E-state index in [4.69, 9.17) is 43.5 Å². The van der Waals surface area contributed by atoms with Crippen LogP contribution in [0.1, 0.15) is 64.2 Å². The first kappa shape index (κ1) is 43.2. The molecule has 19 nitrogen and oxygen atoms in total. The smallest absolute Gasteiger partial charge is 0.376 e. The molecule has 0 unspecified atom stereocenters. The molecule has 0 amide bonds. The van der Waals surface area contributed by atoms with Gasteiger partial charge in [-0.25, -0.2) is 19.9 Å². The number of aromatic nitrogens is 8. The van der Waals surface area contributed by atoms with Gasteiger partial charge in [-0.1, -0.05) is 37.0 Å². The summed E-state index contributed by atoms with van der Waals surface area (Å²) in [6.45, 7) is 19.1. The maximum absolute atomic E-state index is 9.83. The predicted octanol–water partition coefficient (Wildman–Crippen LogP) is 3.27. The van der Waals surface area contributed by atoms with Crippen molar-refractivity contribution in [3.05, 3.63) is 22.1 Å². The first-order valence-electron chi connectivity index (χ1n) is 20.8. The molecule has 22 heteroatoms. The van der Waals surface area contributed by atoms with Crippen molar-refractivity contribution in [2.24, 2.45) is 0 Å². The van der Waals surface area contributed by atoms with Crippen molar-refractivity contribution in [3.63, 3.8) is 0 Å². The fourth-order valence-corrected chi connectivity index (χ4v) is 9.37. The molecule has 4 aromatic heterocycles. The second-order valence-corrected chi connectivity index (χ2v) is 16.5. The molecule has 0 aliphatic carbocycles. The van der Waals surface area contributed by atoms with Crippen molar-refractivity contribution in [1.82, 2.24) is 60.3 Å². The van der Waals surface area contributed by atoms with Crippen LogP contribution in [0.15, 0.2) is 8.83 Å². The van der Waals surface area contributed by atoms with Crippen molar-refractivity contribution in [2.45, 2.75) is 97.2 Å². The molecule has 59 heavy (non-hydrogen) atoms. The maximum atomic E-state index is 9.83. The molecule has 4 aliphatic rings. The van der Waals surface area contributed by atoms with Gasteiger partial charge in [-0.05, 0) is 71.5 Å². The van der Waals surface area contributed by atoms with Gasteiger partial charge in [-0.3, -0.25) is 9.80 Å². The van der Waals surface area contributed by atoms with Crippen LogP contribution in [0.5, 0.6) is 0 Å². The number of nitrogen functional groups attached to an aromatic ring is 2. The molecule has 4 fully saturated rings. The van der Waals surface area contributed by atoms with Crippen LogP contribution in [-0.4, -0.2) is 157 Å². The number of hydrogen-bond acceptors (Lipinski definition) is 19. The largest absolute Gasteiger partial charge is 0.437 e. The average Bonchev–Trinajstić information content (AvgIpc) is 3.89. The maximum Gasteiger partial charge on any atom is 0.376 e. The Morgan fingerprint density at radius 1 is 0.678 bits per heavy atom. The third-order valence-corrected chi connectivity index (χ3v) is 12.6. The van der Waals surface area contributed by atoms with Gasteiger partial charge in [0.2, 0.25) is 11.8 Å². The Kier molecular flexibility index (Phi) is 14.1. The molecule has 8 heterocycles. The van der Waals surface area contributed by atoms with Gasteiger partial charge in [0.25, 0.3) is 11.8 Å². The summed E-state index contributed by atoms with van der Waals surface area (Å²) in [6, 6.07) is 2.06. The lowest BCUT2D eigenvalue weighted by Gasteiger charge is -2.48. The van der Waals surface area contributed by atoms with Crippen LogP contribution in [0.3, 0.4) is 0 Å². The number of piperazine rings is 2. The van der Waals surface area contributed by atoms with Crippen molar-refractivity contribution >= 4 is 53.5 Å². The second-order valence-electron chi connectivity index (χ2n) is 15.8. The third-order valence-electron chi connectivity index (χ3n) is 12.1. The van der Waals surface area contributed by atoms with Crippen LogP contribution in [0, 0.1) is 13.8 Å². The minimum Gasteiger partial charge on any atom is -0.437 e. The summed E-state index contributed by atoms with van der Waals surface area (Å²) in [4.78, 5) is 29.7. The first-order chi connectivity index (χ1) is 28.4. The summed E-state index contributed by atoms with van der Waals surface area (Å²) < 4.78 is 10.8. The molecule has 0 aromatic carbocycles. The number of halogens is 2. The van der Waals surface area contributed by atoms with Gasteiger partial charge in [0.15, 0.2) is 45.0 Å². The molecule has 0 bridgehead atoms. The lowest BCUT2D eigenvalue weighted by Crippen LogP contribution is -2.59. The zero-order valence-corrected chi connectivity index (χ0v) is 36.2. The number of anilines is 4. The van der Waals surface area contributed by atoms with Crippen LogP contribution < -0.4 is 26.6 Å². The Hall–Kier alpha value is -3.92. The molecular weight excluding hydrogens is 798 g/mol. The first-order valence-corrected chi connectivity index (χ1v) is 21.6. The quantitative estimate of drug-likeness (QED) is 0.177. The minimum atomic E-state index is -0.370. The third kappa shape index (κ3) is 9.84. The van der Waals surface area contributed by atoms with Gasteiger partial charge in [0.05, 0.1) is 0 Å². The van der Waals surface area contributed by atoms with E-state index in [9.17, 15) is 5.02 Å². The number of rotatable bonds is 9. The Bertz CT molecular complexity index is 2010. The lowest BCUT2D eigenvalue weighted by atomic mass is 9.82. The van der Waals surface area contributed by atoms with E-state index in [1.165, 1.54) is 12.8 Å². The van der Waals surface area contributed by atoms with Gasteiger partial charge >= 0.3 is 7.05 Å². The van der Waals surface area contributed by atoms with Gasteiger partial charge in [-0.15, -0.1) is 20.4 Å². The molecule has 8 rings (SSSR count). The van der Waals surface area contributed by atoms with Crippen molar-refractivity contribution < 1.29 is 13.9 Å². The molecule has 320 valence electrons. The summed E-state index contributed by atoms with van der Waals surface area (Å²) in [5.74, 6) is 3.02. The second kappa shape index (κ2) is 19.2. The summed E-state index contributed by atoms with van der Waals surface area (Å²) >= 11 is 13.0. The monoisotopic (exact) mass is 854 g/mol. The molecule has 0 radical (unpaired) electrons. The Balaban J connectivity index is 0.000000180. The van der Waals surface area contributed by atoms with Gasteiger partial charge in [0.1, 0.15) is 0 Å². The van der Waals surface area contributed by atoms with Gasteiger partial charge in [0, 0.05) is 77.3 Å². The Morgan fingerprint density at radius 2 is 1.12 bits per heavy atom. The fourth-order valence-electron chi connectivity index (χ4n) is 8.88. The van der Waals surface area contributed by atoms with E-state index in [2.05, 4.69) is 83.9 Å². The van der Waals surface area contributed by atoms with Crippen LogP contribution in [0.25, 0.3) is 23.2 Å². The molecule has 2 atom stereocenters. The zero-order valence-electron chi connectivity index (χ0n) is 34.7. The van der Waals surface area contributed by atoms with E-state index in [0.29, 0.717) is 64.1 Å². The zero-order chi connectivity index (χ0) is 41.8. The van der Waals surface area contributed by atoms with E-state index in [-0.39, 0.29) is 35.6 Å². The van der Waals surface area contributed by atoms with Gasteiger partial charge < -0.3 is 45.3 Å². The van der Waals surface area contributed by atoms with E-state index >= 15 is 0 Å². The van der Waals surface area contributed by atoms with Crippen LogP contribution in [-0.2, 0) is 0 Å². The minimum absolute atomic E-state index is 0.218. The summed E-state index contributed by atoms with van der Waals surface area (Å²) in [7, 11) is -0.370. The van der Waals surface area contributed by atoms with Gasteiger partial charge in [-0.2, -0.15) is 0 Å². The molecule has 4 aromatic rings. The average molecular weight is 856 g/mol. The van der Waals surface area contributed by atoms with E-state index in [1.54, 1.807) is 13.8 Å². The Labute approximate surface area is 355 Å². The predicted molar refractivity (Wildman–Crippen MR) is 229 cm³/mol. The number of nitrogens with zero attached hydrogens (tertiary/aromatic N) is 13. The summed E-state index contributed by atoms with van der Waals surface area (Å²) in [5, 5.41) is 29.4. The number of nitrogens with one attached hydrogen (secondary N) is 1. The van der Waals surface area contributed by atoms with Crippen molar-refractivity contribution in [3.8, 4) is 23.2 Å². The summed E-state index contributed by atoms with van der Waals surface area (Å²) in [5.41, 5.74) is 12.9. The normalized spacial score (nSPS) is 21.8. The van der Waals surface area contributed by atoms with E-state index < -0.39 is 0 Å². The number of hydrogen-bond donors (Lipinski definition) is 4. The number of nitrogens with two attached hydrogens (primary N) is 2. The molecule has 0 saturated carbocycles. The van der Waals surface area contributed by atoms with Crippen molar-refractivity contribution in [2.75, 3.05) is 86.7 Å². The standard InChI is InChI=1S/C19H30BClN8O2.C18H27ClN8O/c1-4-13-11-27(9-10-29(13)14-5-7-28(8-6-14)20(3)30)18-16(21)23-15(17(22)24-18)19-26-25-12(2)31-19;1-3-12-10-26(8-9-27(12)13-4-6-21-7-5-13)17-15(19)22-14(16(20)23-17)18-25-24-11(2)28-18/h13-14,30H,4-11H2,1-3H3,(H2,22,24);12-13,21H,3-10H2,1-2H3,(H2,20,23)/t13-;12-/m00/s1. The molecule has 4 aliphatic heterocycles. The van der Waals surface area contributed by atoms with Crippen LogP contribution in [0.2, 0.25) is 17.1 Å². The van der Waals surface area contributed by atoms with E-state index in [1.807, 2.05) is 6.82 Å². The lowest BCUT2D eigenvalue weighted by molar-refractivity contribution is 0.0774. The van der Waals surface area contributed by atoms with Crippen LogP contribution >= 0.6 is 23.2 Å². The molecular formula is C37H57BCl2N16O3. The highest BCUT2D eigenvalue weighted by Crippen LogP contribution is 2.34. The van der Waals surface area contributed by atoms with E-state index in [0.717, 1.165) is 91.1 Å². The van der Waals surface area contributed by atoms with Crippen molar-refractivity contribution in [1.29, 1.82) is 0 Å². The fraction of sp³-hybridized carbons (Fsp3) is 0.676. The SMILES string of the molecule is CC[C@H]1CN(c2nc(N)c(-c3nnc(C)o3)nc2Cl)CCN1C1CCN(B(C)O)CC1.CC[C@H]1CN(c2nc(N)c(-c3nnc(C)o3)nc2Cl)CCN1C1CCNCC1. The van der Waals surface area contributed by atoms with Crippen LogP contribution in [0.4, 0.5) is 23.3 Å². The molecule has 0 spiro atoms. The molecule has 6 N–H and O–H groups in total. The number of aryl methyl sites for hydroxylation is 2. The number of piperidine rings is 2.